The van der Waals surface area contributed by atoms with Crippen molar-refractivity contribution < 1.29 is 0 Å². The minimum absolute atomic E-state index is 0.0285. The summed E-state index contributed by atoms with van der Waals surface area (Å²) in [7, 11) is 2.00. The van der Waals surface area contributed by atoms with Gasteiger partial charge < -0.3 is 9.88 Å². The van der Waals surface area contributed by atoms with E-state index in [1.54, 1.807) is 0 Å². The molecule has 0 fully saturated rings. The average Bonchev–Trinajstić information content (AvgIpc) is 3.29. The molecule has 0 saturated heterocycles. The van der Waals surface area contributed by atoms with Crippen molar-refractivity contribution in [1.29, 1.82) is 5.26 Å². The van der Waals surface area contributed by atoms with Crippen LogP contribution in [0.5, 0.6) is 0 Å². The lowest BCUT2D eigenvalue weighted by Gasteiger charge is -2.22. The van der Waals surface area contributed by atoms with Gasteiger partial charge in [0.1, 0.15) is 0 Å². The van der Waals surface area contributed by atoms with Crippen molar-refractivity contribution in [2.45, 2.75) is 12.5 Å². The standard InChI is InChI=1S/C29H23ClN4/c1-34-19-32-18-29(34)28(15-20-6-4-9-23(30)14-20)33-24-13-12-22(17-31)27(16-24)26-11-5-8-21-7-2-3-10-25(21)26/h2-14,16,18-19,28,33H,15H2,1H3. The number of imidazole rings is 1. The molecule has 1 N–H and O–H groups in total. The Balaban J connectivity index is 1.56. The highest BCUT2D eigenvalue weighted by molar-refractivity contribution is 6.30. The predicted molar refractivity (Wildman–Crippen MR) is 139 cm³/mol. The van der Waals surface area contributed by atoms with Gasteiger partial charge in [0, 0.05) is 23.3 Å². The van der Waals surface area contributed by atoms with E-state index >= 15 is 0 Å². The second kappa shape index (κ2) is 9.43. The smallest absolute Gasteiger partial charge is 0.0998 e. The monoisotopic (exact) mass is 462 g/mol. The molecule has 0 spiro atoms. The largest absolute Gasteiger partial charge is 0.376 e. The van der Waals surface area contributed by atoms with Gasteiger partial charge in [-0.3, -0.25) is 0 Å². The van der Waals surface area contributed by atoms with Crippen LogP contribution in [-0.4, -0.2) is 9.55 Å². The Morgan fingerprint density at radius 1 is 0.971 bits per heavy atom. The summed E-state index contributed by atoms with van der Waals surface area (Å²) < 4.78 is 2.03. The van der Waals surface area contributed by atoms with Crippen molar-refractivity contribution in [2.75, 3.05) is 5.32 Å². The number of benzene rings is 4. The summed E-state index contributed by atoms with van der Waals surface area (Å²) in [5.74, 6) is 0. The molecule has 0 saturated carbocycles. The Morgan fingerprint density at radius 2 is 1.79 bits per heavy atom. The third kappa shape index (κ3) is 4.39. The number of rotatable bonds is 6. The predicted octanol–water partition coefficient (Wildman–Crippen LogP) is 7.16. The van der Waals surface area contributed by atoms with Crippen LogP contribution in [0.3, 0.4) is 0 Å². The van der Waals surface area contributed by atoms with E-state index < -0.39 is 0 Å². The minimum atomic E-state index is -0.0285. The molecule has 1 aromatic heterocycles. The first-order chi connectivity index (χ1) is 16.6. The normalized spacial score (nSPS) is 11.8. The van der Waals surface area contributed by atoms with Crippen LogP contribution >= 0.6 is 11.6 Å². The molecule has 1 heterocycles. The Morgan fingerprint density at radius 3 is 2.59 bits per heavy atom. The molecule has 5 aromatic rings. The molecule has 4 nitrogen and oxygen atoms in total. The summed E-state index contributed by atoms with van der Waals surface area (Å²) in [5, 5.41) is 16.5. The van der Waals surface area contributed by atoms with Crippen molar-refractivity contribution in [1.82, 2.24) is 9.55 Å². The molecule has 1 atom stereocenters. The maximum Gasteiger partial charge on any atom is 0.0998 e. The SMILES string of the molecule is Cn1cncc1C(Cc1cccc(Cl)c1)Nc1ccc(C#N)c(-c2cccc3ccccc23)c1. The number of nitrogens with one attached hydrogen (secondary N) is 1. The van der Waals surface area contributed by atoms with Gasteiger partial charge in [0.25, 0.3) is 0 Å². The number of hydrogen-bond acceptors (Lipinski definition) is 3. The molecule has 0 radical (unpaired) electrons. The maximum atomic E-state index is 9.84. The number of aromatic nitrogens is 2. The second-order valence-corrected chi connectivity index (χ2v) is 8.80. The number of aryl methyl sites for hydroxylation is 1. The van der Waals surface area contributed by atoms with E-state index in [0.29, 0.717) is 5.56 Å². The summed E-state index contributed by atoms with van der Waals surface area (Å²) >= 11 is 6.25. The van der Waals surface area contributed by atoms with Gasteiger partial charge in [-0.25, -0.2) is 4.98 Å². The lowest BCUT2D eigenvalue weighted by atomic mass is 9.94. The van der Waals surface area contributed by atoms with Crippen LogP contribution in [0.1, 0.15) is 22.9 Å². The van der Waals surface area contributed by atoms with Crippen molar-refractivity contribution in [2.24, 2.45) is 7.05 Å². The van der Waals surface area contributed by atoms with Gasteiger partial charge in [0.2, 0.25) is 0 Å². The minimum Gasteiger partial charge on any atom is -0.376 e. The summed E-state index contributed by atoms with van der Waals surface area (Å²) in [6.45, 7) is 0. The molecule has 0 aliphatic heterocycles. The number of halogens is 1. The van der Waals surface area contributed by atoms with Gasteiger partial charge in [-0.2, -0.15) is 5.26 Å². The first kappa shape index (κ1) is 21.8. The van der Waals surface area contributed by atoms with Crippen molar-refractivity contribution in [3.05, 3.63) is 119 Å². The summed E-state index contributed by atoms with van der Waals surface area (Å²) in [4.78, 5) is 4.32. The third-order valence-corrected chi connectivity index (χ3v) is 6.34. The topological polar surface area (TPSA) is 53.6 Å². The summed E-state index contributed by atoms with van der Waals surface area (Å²) in [6.07, 6.45) is 4.43. The lowest BCUT2D eigenvalue weighted by Crippen LogP contribution is -2.17. The van der Waals surface area contributed by atoms with Crippen LogP contribution in [0.15, 0.2) is 97.5 Å². The molecule has 0 amide bonds. The van der Waals surface area contributed by atoms with E-state index in [4.69, 9.17) is 11.6 Å². The quantitative estimate of drug-likeness (QED) is 0.291. The van der Waals surface area contributed by atoms with Gasteiger partial charge in [-0.15, -0.1) is 0 Å². The van der Waals surface area contributed by atoms with Crippen molar-refractivity contribution >= 4 is 28.1 Å². The van der Waals surface area contributed by atoms with Crippen LogP contribution in [0, 0.1) is 11.3 Å². The number of nitrogens with zero attached hydrogens (tertiary/aromatic N) is 3. The molecule has 1 unspecified atom stereocenters. The summed E-state index contributed by atoms with van der Waals surface area (Å²) in [5.41, 5.74) is 5.75. The Hall–Kier alpha value is -4.07. The second-order valence-electron chi connectivity index (χ2n) is 8.36. The highest BCUT2D eigenvalue weighted by Gasteiger charge is 2.18. The molecule has 0 bridgehead atoms. The summed E-state index contributed by atoms with van der Waals surface area (Å²) in [6, 6.07) is 30.7. The number of nitriles is 1. The van der Waals surface area contributed by atoms with E-state index in [1.807, 2.05) is 72.7 Å². The molecule has 166 valence electrons. The third-order valence-electron chi connectivity index (χ3n) is 6.10. The van der Waals surface area contributed by atoms with Crippen molar-refractivity contribution in [3.8, 4) is 17.2 Å². The first-order valence-electron chi connectivity index (χ1n) is 11.1. The fourth-order valence-electron chi connectivity index (χ4n) is 4.45. The highest BCUT2D eigenvalue weighted by Crippen LogP contribution is 2.34. The van der Waals surface area contributed by atoms with Gasteiger partial charge in [-0.1, -0.05) is 66.2 Å². The van der Waals surface area contributed by atoms with Crippen LogP contribution in [0.2, 0.25) is 5.02 Å². The van der Waals surface area contributed by atoms with Crippen LogP contribution < -0.4 is 5.32 Å². The van der Waals surface area contributed by atoms with E-state index in [1.165, 1.54) is 0 Å². The van der Waals surface area contributed by atoms with Crippen LogP contribution in [0.4, 0.5) is 5.69 Å². The average molecular weight is 463 g/mol. The molecule has 0 aliphatic carbocycles. The molecule has 0 aliphatic rings. The highest BCUT2D eigenvalue weighted by atomic mass is 35.5. The Labute approximate surface area is 204 Å². The van der Waals surface area contributed by atoms with E-state index in [-0.39, 0.29) is 6.04 Å². The number of fused-ring (bicyclic) bond motifs is 1. The van der Waals surface area contributed by atoms with Gasteiger partial charge in [0.15, 0.2) is 0 Å². The van der Waals surface area contributed by atoms with Gasteiger partial charge in [-0.05, 0) is 58.7 Å². The molecule has 34 heavy (non-hydrogen) atoms. The molecule has 4 aromatic carbocycles. The van der Waals surface area contributed by atoms with Crippen molar-refractivity contribution in [3.63, 3.8) is 0 Å². The zero-order valence-electron chi connectivity index (χ0n) is 18.7. The zero-order valence-corrected chi connectivity index (χ0v) is 19.5. The number of hydrogen-bond donors (Lipinski definition) is 1. The molecule has 5 rings (SSSR count). The Kier molecular flexibility index (Phi) is 6.03. The zero-order chi connectivity index (χ0) is 23.5. The van der Waals surface area contributed by atoms with Crippen LogP contribution in [-0.2, 0) is 13.5 Å². The maximum absolute atomic E-state index is 9.84. The van der Waals surface area contributed by atoms with E-state index in [0.717, 1.165) is 50.3 Å². The first-order valence-corrected chi connectivity index (χ1v) is 11.5. The molecule has 5 heteroatoms. The van der Waals surface area contributed by atoms with E-state index in [9.17, 15) is 5.26 Å². The Bertz CT molecular complexity index is 1510. The number of anilines is 1. The van der Waals surface area contributed by atoms with Crippen LogP contribution in [0.25, 0.3) is 21.9 Å². The molecular weight excluding hydrogens is 440 g/mol. The molecular formula is C29H23ClN4. The fourth-order valence-corrected chi connectivity index (χ4v) is 4.66. The van der Waals surface area contributed by atoms with Gasteiger partial charge >= 0.3 is 0 Å². The fraction of sp³-hybridized carbons (Fsp3) is 0.103. The van der Waals surface area contributed by atoms with E-state index in [2.05, 4.69) is 52.8 Å². The lowest BCUT2D eigenvalue weighted by molar-refractivity contribution is 0.695. The van der Waals surface area contributed by atoms with Gasteiger partial charge in [0.05, 0.1) is 35.9 Å².